The molecule has 3 rings (SSSR count). The Bertz CT molecular complexity index is 1050. The minimum Gasteiger partial charge on any atom is -0.497 e. The molecule has 0 unspecified atom stereocenters. The van der Waals surface area contributed by atoms with Gasteiger partial charge in [0.25, 0.3) is 0 Å². The molecule has 1 amide bonds. The van der Waals surface area contributed by atoms with Gasteiger partial charge in [-0.05, 0) is 54.6 Å². The standard InChI is InChI=1S/C22H18ClN3O2S/c1-28-19-8-5-15(6-9-19)20-10-7-16(14-24)22(26-20)29-12-11-21(27)25-18-4-2-3-17(23)13-18/h2-10,13H,11-12H2,1H3,(H,25,27). The fourth-order valence-electron chi connectivity index (χ4n) is 2.59. The van der Waals surface area contributed by atoms with E-state index in [0.29, 0.717) is 27.1 Å². The molecule has 146 valence electrons. The van der Waals surface area contributed by atoms with E-state index in [4.69, 9.17) is 16.3 Å². The Morgan fingerprint density at radius 2 is 2.00 bits per heavy atom. The van der Waals surface area contributed by atoms with Gasteiger partial charge in [-0.3, -0.25) is 4.79 Å². The van der Waals surface area contributed by atoms with Crippen LogP contribution >= 0.6 is 23.4 Å². The third-order valence-corrected chi connectivity index (χ3v) is 5.27. The monoisotopic (exact) mass is 423 g/mol. The van der Waals surface area contributed by atoms with Crippen molar-refractivity contribution in [2.75, 3.05) is 18.2 Å². The highest BCUT2D eigenvalue weighted by Gasteiger charge is 2.10. The number of pyridine rings is 1. The number of aromatic nitrogens is 1. The van der Waals surface area contributed by atoms with Gasteiger partial charge < -0.3 is 10.1 Å². The van der Waals surface area contributed by atoms with Gasteiger partial charge in [-0.25, -0.2) is 4.98 Å². The largest absolute Gasteiger partial charge is 0.497 e. The van der Waals surface area contributed by atoms with Gasteiger partial charge in [0.1, 0.15) is 16.8 Å². The number of nitriles is 1. The number of ether oxygens (including phenoxy) is 1. The normalized spacial score (nSPS) is 10.2. The van der Waals surface area contributed by atoms with E-state index in [2.05, 4.69) is 16.4 Å². The fraction of sp³-hybridized carbons (Fsp3) is 0.136. The summed E-state index contributed by atoms with van der Waals surface area (Å²) in [7, 11) is 1.62. The molecule has 3 aromatic rings. The summed E-state index contributed by atoms with van der Waals surface area (Å²) in [6.45, 7) is 0. The highest BCUT2D eigenvalue weighted by atomic mass is 35.5. The molecular formula is C22H18ClN3O2S. The number of nitrogens with zero attached hydrogens (tertiary/aromatic N) is 2. The highest BCUT2D eigenvalue weighted by molar-refractivity contribution is 7.99. The molecule has 0 saturated carbocycles. The molecule has 1 heterocycles. The fourth-order valence-corrected chi connectivity index (χ4v) is 3.69. The molecule has 29 heavy (non-hydrogen) atoms. The Balaban J connectivity index is 1.64. The Morgan fingerprint density at radius 1 is 1.21 bits per heavy atom. The van der Waals surface area contributed by atoms with Gasteiger partial charge in [0.2, 0.25) is 5.91 Å². The van der Waals surface area contributed by atoms with Crippen LogP contribution in [0.15, 0.2) is 65.7 Å². The molecule has 0 bridgehead atoms. The first-order chi connectivity index (χ1) is 14.1. The summed E-state index contributed by atoms with van der Waals surface area (Å²) in [6.07, 6.45) is 0.288. The van der Waals surface area contributed by atoms with Crippen molar-refractivity contribution in [3.05, 3.63) is 71.2 Å². The summed E-state index contributed by atoms with van der Waals surface area (Å²) in [5, 5.41) is 13.4. The second-order valence-corrected chi connectivity index (χ2v) is 7.57. The number of thioether (sulfide) groups is 1. The number of carbonyl (C=O) groups excluding carboxylic acids is 1. The van der Waals surface area contributed by atoms with E-state index in [-0.39, 0.29) is 12.3 Å². The van der Waals surface area contributed by atoms with Gasteiger partial charge in [-0.2, -0.15) is 5.26 Å². The zero-order valence-electron chi connectivity index (χ0n) is 15.7. The van der Waals surface area contributed by atoms with Gasteiger partial charge in [0.15, 0.2) is 0 Å². The smallest absolute Gasteiger partial charge is 0.225 e. The lowest BCUT2D eigenvalue weighted by molar-refractivity contribution is -0.115. The molecule has 0 fully saturated rings. The third kappa shape index (κ3) is 5.74. The van der Waals surface area contributed by atoms with Gasteiger partial charge in [-0.15, -0.1) is 11.8 Å². The maximum atomic E-state index is 12.2. The van der Waals surface area contributed by atoms with E-state index < -0.39 is 0 Å². The number of methoxy groups -OCH3 is 1. The lowest BCUT2D eigenvalue weighted by atomic mass is 10.1. The van der Waals surface area contributed by atoms with Crippen LogP contribution in [0.25, 0.3) is 11.3 Å². The van der Waals surface area contributed by atoms with Crippen molar-refractivity contribution in [3.8, 4) is 23.1 Å². The summed E-state index contributed by atoms with van der Waals surface area (Å²) in [4.78, 5) is 16.8. The summed E-state index contributed by atoms with van der Waals surface area (Å²) in [5.74, 6) is 1.15. The maximum Gasteiger partial charge on any atom is 0.225 e. The lowest BCUT2D eigenvalue weighted by Crippen LogP contribution is -2.12. The first-order valence-corrected chi connectivity index (χ1v) is 10.2. The molecule has 0 aliphatic carbocycles. The van der Waals surface area contributed by atoms with E-state index in [1.165, 1.54) is 11.8 Å². The van der Waals surface area contributed by atoms with Crippen molar-refractivity contribution in [3.63, 3.8) is 0 Å². The summed E-state index contributed by atoms with van der Waals surface area (Å²) < 4.78 is 5.18. The average molecular weight is 424 g/mol. The summed E-state index contributed by atoms with van der Waals surface area (Å²) in [6, 6.07) is 20.3. The first-order valence-electron chi connectivity index (χ1n) is 8.83. The number of halogens is 1. The molecule has 0 aliphatic heterocycles. The Morgan fingerprint density at radius 3 is 2.69 bits per heavy atom. The molecule has 5 nitrogen and oxygen atoms in total. The number of anilines is 1. The molecule has 0 saturated heterocycles. The molecule has 0 aliphatic rings. The van der Waals surface area contributed by atoms with Crippen molar-refractivity contribution < 1.29 is 9.53 Å². The van der Waals surface area contributed by atoms with Crippen molar-refractivity contribution in [1.29, 1.82) is 5.26 Å². The van der Waals surface area contributed by atoms with Crippen molar-refractivity contribution in [1.82, 2.24) is 4.98 Å². The number of nitrogens with one attached hydrogen (secondary N) is 1. The molecule has 0 atom stereocenters. The van der Waals surface area contributed by atoms with Crippen molar-refractivity contribution in [2.45, 2.75) is 11.4 Å². The Hall–Kier alpha value is -3.01. The predicted molar refractivity (Wildman–Crippen MR) is 116 cm³/mol. The number of amides is 1. The van der Waals surface area contributed by atoms with Crippen LogP contribution in [-0.4, -0.2) is 23.8 Å². The topological polar surface area (TPSA) is 75.0 Å². The minimum atomic E-state index is -0.121. The van der Waals surface area contributed by atoms with Crippen LogP contribution in [0, 0.1) is 11.3 Å². The second-order valence-electron chi connectivity index (χ2n) is 6.05. The molecule has 0 spiro atoms. The molecule has 1 N–H and O–H groups in total. The van der Waals surface area contributed by atoms with Crippen LogP contribution in [0.5, 0.6) is 5.75 Å². The second kappa shape index (κ2) is 9.97. The van der Waals surface area contributed by atoms with Crippen LogP contribution < -0.4 is 10.1 Å². The van der Waals surface area contributed by atoms with E-state index in [0.717, 1.165) is 17.0 Å². The molecule has 1 aromatic heterocycles. The number of hydrogen-bond acceptors (Lipinski definition) is 5. The zero-order valence-corrected chi connectivity index (χ0v) is 17.3. The molecule has 7 heteroatoms. The number of carbonyl (C=O) groups is 1. The van der Waals surface area contributed by atoms with Crippen LogP contribution in [-0.2, 0) is 4.79 Å². The van der Waals surface area contributed by atoms with Gasteiger partial charge in [0, 0.05) is 28.4 Å². The first kappa shape index (κ1) is 20.7. The van der Waals surface area contributed by atoms with Crippen molar-refractivity contribution >= 4 is 35.0 Å². The number of rotatable bonds is 7. The number of hydrogen-bond donors (Lipinski definition) is 1. The lowest BCUT2D eigenvalue weighted by Gasteiger charge is -2.08. The molecule has 0 radical (unpaired) electrons. The zero-order chi connectivity index (χ0) is 20.6. The van der Waals surface area contributed by atoms with Crippen LogP contribution in [0.3, 0.4) is 0 Å². The predicted octanol–water partition coefficient (Wildman–Crippen LogP) is 5.40. The van der Waals surface area contributed by atoms with E-state index in [9.17, 15) is 10.1 Å². The van der Waals surface area contributed by atoms with Crippen LogP contribution in [0.1, 0.15) is 12.0 Å². The third-order valence-electron chi connectivity index (χ3n) is 4.04. The van der Waals surface area contributed by atoms with Crippen LogP contribution in [0.2, 0.25) is 5.02 Å². The quantitative estimate of drug-likeness (QED) is 0.514. The minimum absolute atomic E-state index is 0.121. The Kier molecular flexibility index (Phi) is 7.12. The molecular weight excluding hydrogens is 406 g/mol. The summed E-state index contributed by atoms with van der Waals surface area (Å²) in [5.41, 5.74) is 2.83. The average Bonchev–Trinajstić information content (AvgIpc) is 2.74. The summed E-state index contributed by atoms with van der Waals surface area (Å²) >= 11 is 7.31. The van der Waals surface area contributed by atoms with Gasteiger partial charge in [0.05, 0.1) is 18.4 Å². The SMILES string of the molecule is COc1ccc(-c2ccc(C#N)c(SCCC(=O)Nc3cccc(Cl)c3)n2)cc1. The van der Waals surface area contributed by atoms with E-state index in [1.54, 1.807) is 37.4 Å². The van der Waals surface area contributed by atoms with Gasteiger partial charge in [-0.1, -0.05) is 17.7 Å². The Labute approximate surface area is 178 Å². The van der Waals surface area contributed by atoms with E-state index in [1.807, 2.05) is 30.3 Å². The van der Waals surface area contributed by atoms with Crippen LogP contribution in [0.4, 0.5) is 5.69 Å². The van der Waals surface area contributed by atoms with Crippen molar-refractivity contribution in [2.24, 2.45) is 0 Å². The highest BCUT2D eigenvalue weighted by Crippen LogP contribution is 2.27. The van der Waals surface area contributed by atoms with Gasteiger partial charge >= 0.3 is 0 Å². The number of benzene rings is 2. The molecule has 2 aromatic carbocycles. The van der Waals surface area contributed by atoms with E-state index >= 15 is 0 Å². The maximum absolute atomic E-state index is 12.2.